The first-order valence-corrected chi connectivity index (χ1v) is 5.54. The van der Waals surface area contributed by atoms with E-state index < -0.39 is 0 Å². The van der Waals surface area contributed by atoms with E-state index in [1.165, 1.54) is 5.57 Å². The Labute approximate surface area is 94.3 Å². The number of carbonyl (C=O) groups excluding carboxylic acids is 1. The van der Waals surface area contributed by atoms with Gasteiger partial charge in [0.15, 0.2) is 0 Å². The van der Waals surface area contributed by atoms with Crippen LogP contribution in [0, 0.1) is 0 Å². The summed E-state index contributed by atoms with van der Waals surface area (Å²) in [6.45, 7) is 0.451. The largest absolute Gasteiger partial charge is 0.447 e. The highest BCUT2D eigenvalue weighted by Gasteiger charge is 2.33. The third-order valence-corrected chi connectivity index (χ3v) is 2.96. The van der Waals surface area contributed by atoms with E-state index in [0.717, 1.165) is 18.4 Å². The average molecular weight is 215 g/mol. The molecule has 1 aromatic carbocycles. The van der Waals surface area contributed by atoms with Crippen molar-refractivity contribution in [2.24, 2.45) is 0 Å². The van der Waals surface area contributed by atoms with Crippen molar-refractivity contribution in [2.75, 3.05) is 6.61 Å². The number of rotatable bonds is 2. The molecule has 1 heterocycles. The number of hydrogen-bond acceptors (Lipinski definition) is 2. The van der Waals surface area contributed by atoms with Gasteiger partial charge in [0.2, 0.25) is 0 Å². The quantitative estimate of drug-likeness (QED) is 0.759. The lowest BCUT2D eigenvalue weighted by atomic mass is 10.1. The minimum absolute atomic E-state index is 0.0433. The summed E-state index contributed by atoms with van der Waals surface area (Å²) in [6.07, 6.45) is 3.96. The highest BCUT2D eigenvalue weighted by Crippen LogP contribution is 2.34. The Hall–Kier alpha value is -1.77. The van der Waals surface area contributed by atoms with Crippen LogP contribution >= 0.6 is 0 Å². The van der Waals surface area contributed by atoms with Crippen LogP contribution in [0.3, 0.4) is 0 Å². The minimum atomic E-state index is -0.228. The first-order valence-electron chi connectivity index (χ1n) is 5.54. The molecule has 0 bridgehead atoms. The normalized spacial score (nSPS) is 23.2. The molecule has 3 heteroatoms. The van der Waals surface area contributed by atoms with Crippen molar-refractivity contribution in [3.63, 3.8) is 0 Å². The monoisotopic (exact) mass is 215 g/mol. The minimum Gasteiger partial charge on any atom is -0.447 e. The van der Waals surface area contributed by atoms with Gasteiger partial charge < -0.3 is 4.74 Å². The fourth-order valence-corrected chi connectivity index (χ4v) is 1.90. The molecule has 82 valence electrons. The van der Waals surface area contributed by atoms with Crippen LogP contribution in [0.1, 0.15) is 24.4 Å². The van der Waals surface area contributed by atoms with Gasteiger partial charge in [-0.15, -0.1) is 0 Å². The number of hydrogen-bond donors (Lipinski definition) is 0. The van der Waals surface area contributed by atoms with E-state index in [-0.39, 0.29) is 12.1 Å². The molecule has 2 fully saturated rings. The SMILES string of the molecule is O=C1OC[C@H](c2ccccc2)N1C=C1CC1. The molecule has 1 amide bonds. The Balaban J connectivity index is 1.89. The predicted molar refractivity (Wildman–Crippen MR) is 59.7 cm³/mol. The number of cyclic esters (lactones) is 1. The van der Waals surface area contributed by atoms with E-state index in [1.807, 2.05) is 36.5 Å². The van der Waals surface area contributed by atoms with Crippen molar-refractivity contribution in [1.29, 1.82) is 0 Å². The Kier molecular flexibility index (Phi) is 2.17. The maximum Gasteiger partial charge on any atom is 0.414 e. The summed E-state index contributed by atoms with van der Waals surface area (Å²) >= 11 is 0. The van der Waals surface area contributed by atoms with Crippen molar-refractivity contribution in [3.05, 3.63) is 47.7 Å². The maximum atomic E-state index is 11.6. The molecule has 0 spiro atoms. The first kappa shape index (κ1) is 9.46. The molecule has 1 saturated carbocycles. The molecular weight excluding hydrogens is 202 g/mol. The summed E-state index contributed by atoms with van der Waals surface area (Å²) in [6, 6.07) is 10.1. The predicted octanol–water partition coefficient (Wildman–Crippen LogP) is 2.86. The number of amides is 1. The van der Waals surface area contributed by atoms with Gasteiger partial charge >= 0.3 is 6.09 Å². The van der Waals surface area contributed by atoms with Gasteiger partial charge in [-0.1, -0.05) is 35.9 Å². The molecule has 0 N–H and O–H groups in total. The maximum absolute atomic E-state index is 11.6. The van der Waals surface area contributed by atoms with Crippen molar-refractivity contribution in [3.8, 4) is 0 Å². The van der Waals surface area contributed by atoms with E-state index in [0.29, 0.717) is 6.61 Å². The van der Waals surface area contributed by atoms with E-state index in [2.05, 4.69) is 0 Å². The van der Waals surface area contributed by atoms with Crippen LogP contribution in [0.2, 0.25) is 0 Å². The number of nitrogens with zero attached hydrogens (tertiary/aromatic N) is 1. The molecule has 3 rings (SSSR count). The van der Waals surface area contributed by atoms with E-state index in [1.54, 1.807) is 4.90 Å². The van der Waals surface area contributed by atoms with Crippen molar-refractivity contribution in [2.45, 2.75) is 18.9 Å². The molecule has 1 aromatic rings. The molecule has 0 aromatic heterocycles. The van der Waals surface area contributed by atoms with Crippen molar-refractivity contribution >= 4 is 6.09 Å². The van der Waals surface area contributed by atoms with Gasteiger partial charge in [0, 0.05) is 6.20 Å². The molecule has 1 atom stereocenters. The lowest BCUT2D eigenvalue weighted by Gasteiger charge is -2.17. The highest BCUT2D eigenvalue weighted by molar-refractivity contribution is 5.72. The molecule has 0 unspecified atom stereocenters. The lowest BCUT2D eigenvalue weighted by molar-refractivity contribution is 0.166. The second-order valence-electron chi connectivity index (χ2n) is 4.20. The zero-order valence-electron chi connectivity index (χ0n) is 8.93. The zero-order valence-corrected chi connectivity index (χ0v) is 8.93. The Morgan fingerprint density at radius 2 is 2.00 bits per heavy atom. The molecular formula is C13H13NO2. The van der Waals surface area contributed by atoms with Gasteiger partial charge in [0.1, 0.15) is 6.61 Å². The average Bonchev–Trinajstić information content (AvgIpc) is 3.06. The van der Waals surface area contributed by atoms with Gasteiger partial charge in [-0.05, 0) is 18.4 Å². The van der Waals surface area contributed by atoms with Gasteiger partial charge in [-0.3, -0.25) is 4.90 Å². The van der Waals surface area contributed by atoms with E-state index in [9.17, 15) is 4.79 Å². The van der Waals surface area contributed by atoms with Crippen LogP contribution in [-0.4, -0.2) is 17.6 Å². The second kappa shape index (κ2) is 3.67. The van der Waals surface area contributed by atoms with E-state index in [4.69, 9.17) is 4.74 Å². The van der Waals surface area contributed by atoms with Gasteiger partial charge in [-0.25, -0.2) is 4.79 Å². The molecule has 1 aliphatic carbocycles. The van der Waals surface area contributed by atoms with Crippen LogP contribution in [0.15, 0.2) is 42.1 Å². The molecule has 1 saturated heterocycles. The lowest BCUT2D eigenvalue weighted by Crippen LogP contribution is -2.21. The van der Waals surface area contributed by atoms with E-state index >= 15 is 0 Å². The summed E-state index contributed by atoms with van der Waals surface area (Å²) in [5, 5.41) is 0. The van der Waals surface area contributed by atoms with Gasteiger partial charge in [0.05, 0.1) is 6.04 Å². The number of allylic oxidation sites excluding steroid dienone is 1. The van der Waals surface area contributed by atoms with Gasteiger partial charge in [-0.2, -0.15) is 0 Å². The zero-order chi connectivity index (χ0) is 11.0. The van der Waals surface area contributed by atoms with Gasteiger partial charge in [0.25, 0.3) is 0 Å². The summed E-state index contributed by atoms with van der Waals surface area (Å²) in [5.74, 6) is 0. The molecule has 3 nitrogen and oxygen atoms in total. The highest BCUT2D eigenvalue weighted by atomic mass is 16.6. The van der Waals surface area contributed by atoms with Crippen LogP contribution in [0.4, 0.5) is 4.79 Å². The topological polar surface area (TPSA) is 29.5 Å². The standard InChI is InChI=1S/C13H13NO2/c15-13-14(8-10-6-7-10)12(9-16-13)11-4-2-1-3-5-11/h1-5,8,12H,6-7,9H2/t12-/m1/s1. The van der Waals surface area contributed by atoms with Crippen LogP contribution in [0.5, 0.6) is 0 Å². The van der Waals surface area contributed by atoms with Crippen molar-refractivity contribution in [1.82, 2.24) is 4.90 Å². The Morgan fingerprint density at radius 1 is 1.25 bits per heavy atom. The fourth-order valence-electron chi connectivity index (χ4n) is 1.90. The van der Waals surface area contributed by atoms with Crippen molar-refractivity contribution < 1.29 is 9.53 Å². The summed E-state index contributed by atoms with van der Waals surface area (Å²) in [4.78, 5) is 13.3. The van der Waals surface area contributed by atoms with Crippen LogP contribution in [-0.2, 0) is 4.74 Å². The summed E-state index contributed by atoms with van der Waals surface area (Å²) in [7, 11) is 0. The number of ether oxygens (including phenoxy) is 1. The fraction of sp³-hybridized carbons (Fsp3) is 0.308. The Bertz CT molecular complexity index is 433. The second-order valence-corrected chi connectivity index (χ2v) is 4.20. The van der Waals surface area contributed by atoms with Crippen LogP contribution < -0.4 is 0 Å². The summed E-state index contributed by atoms with van der Waals surface area (Å²) < 4.78 is 5.10. The number of benzene rings is 1. The first-order chi connectivity index (χ1) is 7.84. The summed E-state index contributed by atoms with van der Waals surface area (Å²) in [5.41, 5.74) is 2.46. The molecule has 0 radical (unpaired) electrons. The molecule has 16 heavy (non-hydrogen) atoms. The smallest absolute Gasteiger partial charge is 0.414 e. The van der Waals surface area contributed by atoms with Crippen LogP contribution in [0.25, 0.3) is 0 Å². The third kappa shape index (κ3) is 1.69. The molecule has 2 aliphatic rings. The third-order valence-electron chi connectivity index (χ3n) is 2.96. The Morgan fingerprint density at radius 3 is 2.69 bits per heavy atom. The molecule has 1 aliphatic heterocycles. The number of carbonyl (C=O) groups is 1.